The van der Waals surface area contributed by atoms with Crippen LogP contribution < -0.4 is 5.32 Å². The molecule has 1 saturated heterocycles. The molecule has 3 rings (SSSR count). The van der Waals surface area contributed by atoms with E-state index in [1.165, 1.54) is 0 Å². The Balaban J connectivity index is 1.74. The van der Waals surface area contributed by atoms with Crippen LogP contribution in [0.3, 0.4) is 0 Å². The SMILES string of the molecule is CCc1cccc(C)c1NC(=O)CN1C(=O)C(=O)N([C@H]2CCCC[C@@H]2C)C1=O. The highest BCUT2D eigenvalue weighted by Crippen LogP contribution is 2.31. The van der Waals surface area contributed by atoms with Crippen molar-refractivity contribution in [3.8, 4) is 0 Å². The van der Waals surface area contributed by atoms with Crippen LogP contribution in [0.2, 0.25) is 0 Å². The van der Waals surface area contributed by atoms with Crippen molar-refractivity contribution in [3.05, 3.63) is 29.3 Å². The number of rotatable bonds is 5. The van der Waals surface area contributed by atoms with Gasteiger partial charge in [-0.3, -0.25) is 19.3 Å². The summed E-state index contributed by atoms with van der Waals surface area (Å²) >= 11 is 0. The largest absolute Gasteiger partial charge is 0.334 e. The third-order valence-electron chi connectivity index (χ3n) is 5.79. The van der Waals surface area contributed by atoms with Crippen LogP contribution in [0.1, 0.15) is 50.7 Å². The number of urea groups is 1. The minimum absolute atomic E-state index is 0.155. The van der Waals surface area contributed by atoms with E-state index in [0.717, 1.165) is 46.6 Å². The molecule has 1 aromatic rings. The van der Waals surface area contributed by atoms with Gasteiger partial charge in [0.25, 0.3) is 0 Å². The Morgan fingerprint density at radius 3 is 2.54 bits per heavy atom. The standard InChI is InChI=1S/C21H27N3O4/c1-4-15-10-7-9-14(3)18(15)22-17(25)12-23-19(26)20(27)24(21(23)28)16-11-6-5-8-13(16)2/h7,9-10,13,16H,4-6,8,11-12H2,1-3H3,(H,22,25)/t13-,16-/m0/s1. The molecular formula is C21H27N3O4. The zero-order chi connectivity index (χ0) is 20.4. The highest BCUT2D eigenvalue weighted by atomic mass is 16.2. The van der Waals surface area contributed by atoms with Gasteiger partial charge in [-0.05, 0) is 43.2 Å². The van der Waals surface area contributed by atoms with Crippen molar-refractivity contribution >= 4 is 29.4 Å². The van der Waals surface area contributed by atoms with E-state index in [0.29, 0.717) is 12.1 Å². The molecule has 0 unspecified atom stereocenters. The molecular weight excluding hydrogens is 358 g/mol. The third-order valence-corrected chi connectivity index (χ3v) is 5.79. The van der Waals surface area contributed by atoms with E-state index in [9.17, 15) is 19.2 Å². The molecule has 28 heavy (non-hydrogen) atoms. The number of amides is 5. The molecule has 7 nitrogen and oxygen atoms in total. The predicted octanol–water partition coefficient (Wildman–Crippen LogP) is 2.87. The van der Waals surface area contributed by atoms with Crippen molar-refractivity contribution in [1.82, 2.24) is 9.80 Å². The number of nitrogens with zero attached hydrogens (tertiary/aromatic N) is 2. The summed E-state index contributed by atoms with van der Waals surface area (Å²) in [4.78, 5) is 52.0. The maximum atomic E-state index is 12.8. The number of carbonyl (C=O) groups is 4. The molecule has 1 aromatic carbocycles. The number of benzene rings is 1. The van der Waals surface area contributed by atoms with Crippen LogP contribution >= 0.6 is 0 Å². The maximum Gasteiger partial charge on any atom is 0.334 e. The molecule has 0 aromatic heterocycles. The molecule has 0 spiro atoms. The van der Waals surface area contributed by atoms with Crippen molar-refractivity contribution in [2.45, 2.75) is 58.9 Å². The number of aryl methyl sites for hydroxylation is 2. The van der Waals surface area contributed by atoms with Crippen LogP contribution in [0.5, 0.6) is 0 Å². The fourth-order valence-electron chi connectivity index (χ4n) is 4.16. The van der Waals surface area contributed by atoms with E-state index < -0.39 is 30.3 Å². The van der Waals surface area contributed by atoms with Crippen LogP contribution in [0.25, 0.3) is 0 Å². The lowest BCUT2D eigenvalue weighted by molar-refractivity contribution is -0.145. The molecule has 2 atom stereocenters. The Bertz CT molecular complexity index is 820. The molecule has 1 aliphatic heterocycles. The summed E-state index contributed by atoms with van der Waals surface area (Å²) in [6.45, 7) is 5.41. The van der Waals surface area contributed by atoms with Crippen LogP contribution in [0, 0.1) is 12.8 Å². The van der Waals surface area contributed by atoms with Gasteiger partial charge in [0.2, 0.25) is 5.91 Å². The molecule has 5 amide bonds. The van der Waals surface area contributed by atoms with E-state index in [-0.39, 0.29) is 12.0 Å². The Labute approximate surface area is 165 Å². The van der Waals surface area contributed by atoms with Crippen LogP contribution in [-0.2, 0) is 20.8 Å². The van der Waals surface area contributed by atoms with Crippen molar-refractivity contribution in [2.24, 2.45) is 5.92 Å². The molecule has 0 radical (unpaired) electrons. The van der Waals surface area contributed by atoms with Gasteiger partial charge in [-0.1, -0.05) is 44.9 Å². The number of hydrogen-bond acceptors (Lipinski definition) is 4. The fraction of sp³-hybridized carbons (Fsp3) is 0.524. The summed E-state index contributed by atoms with van der Waals surface area (Å²) in [6, 6.07) is 4.78. The highest BCUT2D eigenvalue weighted by Gasteiger charge is 2.49. The zero-order valence-electron chi connectivity index (χ0n) is 16.7. The Hall–Kier alpha value is -2.70. The number of imide groups is 2. The maximum absolute atomic E-state index is 12.8. The molecule has 7 heteroatoms. The van der Waals surface area contributed by atoms with Gasteiger partial charge in [0.15, 0.2) is 0 Å². The average Bonchev–Trinajstić information content (AvgIpc) is 2.87. The van der Waals surface area contributed by atoms with Gasteiger partial charge in [-0.2, -0.15) is 0 Å². The van der Waals surface area contributed by atoms with E-state index in [2.05, 4.69) is 5.32 Å². The third kappa shape index (κ3) is 3.66. The Morgan fingerprint density at radius 2 is 1.86 bits per heavy atom. The second-order valence-corrected chi connectivity index (χ2v) is 7.69. The van der Waals surface area contributed by atoms with Gasteiger partial charge in [0.1, 0.15) is 6.54 Å². The number of para-hydroxylation sites is 1. The fourth-order valence-corrected chi connectivity index (χ4v) is 4.16. The first-order valence-corrected chi connectivity index (χ1v) is 9.92. The molecule has 2 fully saturated rings. The lowest BCUT2D eigenvalue weighted by Crippen LogP contribution is -2.46. The number of anilines is 1. The summed E-state index contributed by atoms with van der Waals surface area (Å²) < 4.78 is 0. The number of nitrogens with one attached hydrogen (secondary N) is 1. The second kappa shape index (κ2) is 8.12. The summed E-state index contributed by atoms with van der Waals surface area (Å²) in [6.07, 6.45) is 4.35. The smallest absolute Gasteiger partial charge is 0.324 e. The van der Waals surface area contributed by atoms with Crippen molar-refractivity contribution in [2.75, 3.05) is 11.9 Å². The van der Waals surface area contributed by atoms with Gasteiger partial charge in [0.05, 0.1) is 0 Å². The summed E-state index contributed by atoms with van der Waals surface area (Å²) in [5.74, 6) is -2.07. The first-order chi connectivity index (χ1) is 13.3. The minimum atomic E-state index is -0.918. The van der Waals surface area contributed by atoms with Gasteiger partial charge in [-0.15, -0.1) is 0 Å². The first kappa shape index (κ1) is 20.0. The lowest BCUT2D eigenvalue weighted by Gasteiger charge is -2.34. The van der Waals surface area contributed by atoms with Crippen molar-refractivity contribution in [3.63, 3.8) is 0 Å². The Morgan fingerprint density at radius 1 is 1.14 bits per heavy atom. The predicted molar refractivity (Wildman–Crippen MR) is 105 cm³/mol. The molecule has 2 aliphatic rings. The van der Waals surface area contributed by atoms with Crippen molar-refractivity contribution < 1.29 is 19.2 Å². The molecule has 1 aliphatic carbocycles. The summed E-state index contributed by atoms with van der Waals surface area (Å²) in [7, 11) is 0. The monoisotopic (exact) mass is 385 g/mol. The molecule has 1 saturated carbocycles. The zero-order valence-corrected chi connectivity index (χ0v) is 16.7. The molecule has 150 valence electrons. The van der Waals surface area contributed by atoms with Crippen LogP contribution in [0.4, 0.5) is 10.5 Å². The first-order valence-electron chi connectivity index (χ1n) is 9.92. The summed E-state index contributed by atoms with van der Waals surface area (Å²) in [5.41, 5.74) is 2.57. The Kier molecular flexibility index (Phi) is 5.82. The van der Waals surface area contributed by atoms with Crippen LogP contribution in [-0.4, -0.2) is 46.1 Å². The topological polar surface area (TPSA) is 86.8 Å². The lowest BCUT2D eigenvalue weighted by atomic mass is 9.85. The molecule has 1 heterocycles. The molecule has 1 N–H and O–H groups in total. The summed E-state index contributed by atoms with van der Waals surface area (Å²) in [5, 5.41) is 2.80. The van der Waals surface area contributed by atoms with Gasteiger partial charge in [-0.25, -0.2) is 9.69 Å². The average molecular weight is 385 g/mol. The van der Waals surface area contributed by atoms with E-state index in [1.54, 1.807) is 0 Å². The van der Waals surface area contributed by atoms with Gasteiger partial charge in [0, 0.05) is 11.7 Å². The van der Waals surface area contributed by atoms with Gasteiger partial charge < -0.3 is 5.32 Å². The second-order valence-electron chi connectivity index (χ2n) is 7.69. The van der Waals surface area contributed by atoms with E-state index >= 15 is 0 Å². The highest BCUT2D eigenvalue weighted by molar-refractivity contribution is 6.45. The van der Waals surface area contributed by atoms with E-state index in [1.807, 2.05) is 39.0 Å². The quantitative estimate of drug-likeness (QED) is 0.624. The van der Waals surface area contributed by atoms with Crippen molar-refractivity contribution in [1.29, 1.82) is 0 Å². The van der Waals surface area contributed by atoms with Gasteiger partial charge >= 0.3 is 17.8 Å². The number of hydrogen-bond donors (Lipinski definition) is 1. The van der Waals surface area contributed by atoms with E-state index in [4.69, 9.17) is 0 Å². The molecule has 0 bridgehead atoms. The number of carbonyl (C=O) groups excluding carboxylic acids is 4. The normalized spacial score (nSPS) is 22.8. The minimum Gasteiger partial charge on any atom is -0.324 e. The van der Waals surface area contributed by atoms with Crippen LogP contribution in [0.15, 0.2) is 18.2 Å².